The van der Waals surface area contributed by atoms with Gasteiger partial charge in [0, 0.05) is 22.7 Å². The molecule has 124 valence electrons. The first kappa shape index (κ1) is 16.3. The van der Waals surface area contributed by atoms with Crippen molar-refractivity contribution < 1.29 is 14.3 Å². The van der Waals surface area contributed by atoms with Crippen LogP contribution in [-0.2, 0) is 11.3 Å². The molecule has 24 heavy (non-hydrogen) atoms. The fourth-order valence-corrected chi connectivity index (χ4v) is 3.09. The van der Waals surface area contributed by atoms with E-state index in [1.807, 2.05) is 54.8 Å². The van der Waals surface area contributed by atoms with Crippen LogP contribution in [0.4, 0.5) is 5.69 Å². The maximum atomic E-state index is 12.7. The molecule has 1 aliphatic heterocycles. The first-order valence-corrected chi connectivity index (χ1v) is 8.69. The lowest BCUT2D eigenvalue weighted by Gasteiger charge is -2.24. The van der Waals surface area contributed by atoms with E-state index < -0.39 is 0 Å². The fourth-order valence-electron chi connectivity index (χ4n) is 2.39. The van der Waals surface area contributed by atoms with E-state index in [9.17, 15) is 4.79 Å². The Bertz CT molecular complexity index is 750. The standard InChI is InChI=1S/C19H19NO3S/c1-2-3-4-7-19(21)20(14-16-6-5-12-24-16)15-8-9-17-18(13-15)23-11-10-22-17/h2-9,12-13H,10-11,14H2,1H3. The van der Waals surface area contributed by atoms with Crippen LogP contribution >= 0.6 is 11.3 Å². The topological polar surface area (TPSA) is 38.8 Å². The number of hydrogen-bond acceptors (Lipinski definition) is 4. The number of benzene rings is 1. The predicted octanol–water partition coefficient (Wildman–Crippen LogP) is 4.18. The molecule has 1 aliphatic rings. The van der Waals surface area contributed by atoms with E-state index in [-0.39, 0.29) is 5.91 Å². The van der Waals surface area contributed by atoms with Gasteiger partial charge in [0.25, 0.3) is 5.91 Å². The molecule has 0 N–H and O–H groups in total. The van der Waals surface area contributed by atoms with Crippen LogP contribution in [0.3, 0.4) is 0 Å². The molecule has 0 atom stereocenters. The number of nitrogens with zero attached hydrogens (tertiary/aromatic N) is 1. The van der Waals surface area contributed by atoms with Crippen LogP contribution in [0.5, 0.6) is 11.5 Å². The molecule has 3 rings (SSSR count). The zero-order valence-electron chi connectivity index (χ0n) is 13.5. The Morgan fingerprint density at radius 1 is 1.21 bits per heavy atom. The summed E-state index contributed by atoms with van der Waals surface area (Å²) in [6.07, 6.45) is 7.05. The van der Waals surface area contributed by atoms with E-state index in [1.165, 1.54) is 0 Å². The Balaban J connectivity index is 1.89. The first-order chi connectivity index (χ1) is 11.8. The van der Waals surface area contributed by atoms with Gasteiger partial charge in [-0.1, -0.05) is 24.3 Å². The van der Waals surface area contributed by atoms with Crippen LogP contribution in [0.1, 0.15) is 11.8 Å². The zero-order valence-corrected chi connectivity index (χ0v) is 14.3. The van der Waals surface area contributed by atoms with Gasteiger partial charge in [-0.15, -0.1) is 11.3 Å². The molecule has 0 unspecified atom stereocenters. The average Bonchev–Trinajstić information content (AvgIpc) is 3.12. The molecular formula is C19H19NO3S. The van der Waals surface area contributed by atoms with Gasteiger partial charge in [0.2, 0.25) is 0 Å². The molecular weight excluding hydrogens is 322 g/mol. The van der Waals surface area contributed by atoms with Gasteiger partial charge in [-0.2, -0.15) is 0 Å². The largest absolute Gasteiger partial charge is 0.486 e. The number of ether oxygens (including phenoxy) is 2. The van der Waals surface area contributed by atoms with Gasteiger partial charge >= 0.3 is 0 Å². The third-order valence-electron chi connectivity index (χ3n) is 3.54. The Kier molecular flexibility index (Phi) is 5.33. The molecule has 1 aromatic carbocycles. The third-order valence-corrected chi connectivity index (χ3v) is 4.40. The maximum absolute atomic E-state index is 12.7. The van der Waals surface area contributed by atoms with Crippen molar-refractivity contribution in [3.63, 3.8) is 0 Å². The molecule has 5 heteroatoms. The lowest BCUT2D eigenvalue weighted by Crippen LogP contribution is -2.28. The SMILES string of the molecule is CC=CC=CC(=O)N(Cc1cccs1)c1ccc2c(c1)OCCO2. The smallest absolute Gasteiger partial charge is 0.251 e. The van der Waals surface area contributed by atoms with E-state index in [0.717, 1.165) is 16.3 Å². The van der Waals surface area contributed by atoms with Crippen molar-refractivity contribution in [2.45, 2.75) is 13.5 Å². The molecule has 0 spiro atoms. The highest BCUT2D eigenvalue weighted by atomic mass is 32.1. The van der Waals surface area contributed by atoms with Gasteiger partial charge in [-0.3, -0.25) is 4.79 Å². The summed E-state index contributed by atoms with van der Waals surface area (Å²) in [5, 5.41) is 2.01. The zero-order chi connectivity index (χ0) is 16.8. The van der Waals surface area contributed by atoms with Crippen LogP contribution in [0.15, 0.2) is 60.0 Å². The average molecular weight is 341 g/mol. The number of carbonyl (C=O) groups is 1. The molecule has 0 fully saturated rings. The van der Waals surface area contributed by atoms with E-state index >= 15 is 0 Å². The van der Waals surface area contributed by atoms with Crippen molar-refractivity contribution >= 4 is 22.9 Å². The van der Waals surface area contributed by atoms with Crippen LogP contribution in [0, 0.1) is 0 Å². The number of thiophene rings is 1. The summed E-state index contributed by atoms with van der Waals surface area (Å²) in [7, 11) is 0. The molecule has 0 saturated carbocycles. The summed E-state index contributed by atoms with van der Waals surface area (Å²) in [4.78, 5) is 15.5. The summed E-state index contributed by atoms with van der Waals surface area (Å²) in [6.45, 7) is 3.52. The Morgan fingerprint density at radius 2 is 2.04 bits per heavy atom. The lowest BCUT2D eigenvalue weighted by atomic mass is 10.2. The normalized spacial score (nSPS) is 13.5. The van der Waals surface area contributed by atoms with Crippen molar-refractivity contribution in [1.29, 1.82) is 0 Å². The molecule has 2 aromatic rings. The van der Waals surface area contributed by atoms with Gasteiger partial charge in [0.1, 0.15) is 13.2 Å². The molecule has 0 aliphatic carbocycles. The highest BCUT2D eigenvalue weighted by molar-refractivity contribution is 7.09. The molecule has 4 nitrogen and oxygen atoms in total. The van der Waals surface area contributed by atoms with Gasteiger partial charge in [0.05, 0.1) is 6.54 Å². The highest BCUT2D eigenvalue weighted by Gasteiger charge is 2.18. The number of hydrogen-bond donors (Lipinski definition) is 0. The number of carbonyl (C=O) groups excluding carboxylic acids is 1. The number of fused-ring (bicyclic) bond motifs is 1. The predicted molar refractivity (Wildman–Crippen MR) is 96.9 cm³/mol. The van der Waals surface area contributed by atoms with Crippen molar-refractivity contribution in [2.75, 3.05) is 18.1 Å². The second kappa shape index (κ2) is 7.84. The van der Waals surface area contributed by atoms with E-state index in [0.29, 0.717) is 25.5 Å². The Morgan fingerprint density at radius 3 is 2.79 bits per heavy atom. The first-order valence-electron chi connectivity index (χ1n) is 7.81. The third kappa shape index (κ3) is 3.86. The van der Waals surface area contributed by atoms with Crippen LogP contribution < -0.4 is 14.4 Å². The van der Waals surface area contributed by atoms with Gasteiger partial charge in [-0.05, 0) is 30.5 Å². The summed E-state index contributed by atoms with van der Waals surface area (Å²) in [5.41, 5.74) is 0.794. The van der Waals surface area contributed by atoms with Gasteiger partial charge in [0.15, 0.2) is 11.5 Å². The molecule has 1 amide bonds. The van der Waals surface area contributed by atoms with Crippen molar-refractivity contribution in [1.82, 2.24) is 0 Å². The summed E-state index contributed by atoms with van der Waals surface area (Å²) >= 11 is 1.63. The minimum Gasteiger partial charge on any atom is -0.486 e. The van der Waals surface area contributed by atoms with E-state index in [1.54, 1.807) is 28.4 Å². The Labute approximate surface area is 145 Å². The van der Waals surface area contributed by atoms with Crippen LogP contribution in [0.2, 0.25) is 0 Å². The summed E-state index contributed by atoms with van der Waals surface area (Å²) < 4.78 is 11.2. The quantitative estimate of drug-likeness (QED) is 0.605. The summed E-state index contributed by atoms with van der Waals surface area (Å²) in [5.74, 6) is 1.33. The van der Waals surface area contributed by atoms with Crippen LogP contribution in [-0.4, -0.2) is 19.1 Å². The monoisotopic (exact) mass is 341 g/mol. The number of allylic oxidation sites excluding steroid dienone is 3. The highest BCUT2D eigenvalue weighted by Crippen LogP contribution is 2.34. The lowest BCUT2D eigenvalue weighted by molar-refractivity contribution is -0.114. The van der Waals surface area contributed by atoms with E-state index in [4.69, 9.17) is 9.47 Å². The van der Waals surface area contributed by atoms with Gasteiger partial charge in [-0.25, -0.2) is 0 Å². The maximum Gasteiger partial charge on any atom is 0.251 e. The number of amides is 1. The van der Waals surface area contributed by atoms with Gasteiger partial charge < -0.3 is 14.4 Å². The molecule has 0 radical (unpaired) electrons. The Hall–Kier alpha value is -2.53. The van der Waals surface area contributed by atoms with E-state index in [2.05, 4.69) is 0 Å². The fraction of sp³-hybridized carbons (Fsp3) is 0.211. The minimum absolute atomic E-state index is 0.0711. The molecule has 1 aromatic heterocycles. The van der Waals surface area contributed by atoms with Crippen molar-refractivity contribution in [3.8, 4) is 11.5 Å². The minimum atomic E-state index is -0.0711. The second-order valence-electron chi connectivity index (χ2n) is 5.22. The summed E-state index contributed by atoms with van der Waals surface area (Å²) in [6, 6.07) is 9.63. The number of rotatable bonds is 5. The molecule has 0 bridgehead atoms. The second-order valence-corrected chi connectivity index (χ2v) is 6.25. The number of anilines is 1. The van der Waals surface area contributed by atoms with Crippen molar-refractivity contribution in [2.24, 2.45) is 0 Å². The van der Waals surface area contributed by atoms with Crippen LogP contribution in [0.25, 0.3) is 0 Å². The molecule has 0 saturated heterocycles. The molecule has 2 heterocycles. The van der Waals surface area contributed by atoms with Crippen molar-refractivity contribution in [3.05, 3.63) is 64.9 Å².